The van der Waals surface area contributed by atoms with Crippen LogP contribution in [0.1, 0.15) is 17.9 Å². The van der Waals surface area contributed by atoms with Gasteiger partial charge in [0.25, 0.3) is 0 Å². The topological polar surface area (TPSA) is 65.2 Å². The molecule has 0 saturated carbocycles. The third-order valence-corrected chi connectivity index (χ3v) is 2.12. The first-order valence-electron chi connectivity index (χ1n) is 4.54. The van der Waals surface area contributed by atoms with Crippen molar-refractivity contribution >= 4 is 5.97 Å². The van der Waals surface area contributed by atoms with Crippen LogP contribution in [0.3, 0.4) is 0 Å². The molecule has 0 aromatic carbocycles. The first-order chi connectivity index (χ1) is 7.17. The number of carbonyl (C=O) groups excluding carboxylic acids is 1. The van der Waals surface area contributed by atoms with Gasteiger partial charge in [-0.05, 0) is 18.2 Å². The Bertz CT molecular complexity index is 344. The van der Waals surface area contributed by atoms with E-state index in [4.69, 9.17) is 5.73 Å². The van der Waals surface area contributed by atoms with Gasteiger partial charge in [-0.25, -0.2) is 4.39 Å². The number of pyridine rings is 1. The van der Waals surface area contributed by atoms with Gasteiger partial charge in [0.15, 0.2) is 0 Å². The molecule has 0 spiro atoms. The van der Waals surface area contributed by atoms with Gasteiger partial charge >= 0.3 is 5.97 Å². The first kappa shape index (κ1) is 11.6. The molecule has 2 N–H and O–H groups in total. The molecule has 4 nitrogen and oxygen atoms in total. The van der Waals surface area contributed by atoms with Crippen LogP contribution in [0.4, 0.5) is 4.39 Å². The highest BCUT2D eigenvalue weighted by molar-refractivity contribution is 5.70. The largest absolute Gasteiger partial charge is 0.469 e. The minimum Gasteiger partial charge on any atom is -0.469 e. The summed E-state index contributed by atoms with van der Waals surface area (Å²) >= 11 is 0. The van der Waals surface area contributed by atoms with Crippen molar-refractivity contribution in [1.82, 2.24) is 4.98 Å². The molecule has 0 bridgehead atoms. The quantitative estimate of drug-likeness (QED) is 0.750. The minimum atomic E-state index is -0.434. The second kappa shape index (κ2) is 5.41. The second-order valence-corrected chi connectivity index (χ2v) is 3.15. The summed E-state index contributed by atoms with van der Waals surface area (Å²) < 4.78 is 17.4. The predicted octanol–water partition coefficient (Wildman–Crippen LogP) is 0.826. The van der Waals surface area contributed by atoms with Crippen molar-refractivity contribution in [3.8, 4) is 0 Å². The molecular formula is C10H13FN2O2. The monoisotopic (exact) mass is 212 g/mol. The van der Waals surface area contributed by atoms with Gasteiger partial charge in [0.1, 0.15) is 5.82 Å². The van der Waals surface area contributed by atoms with E-state index in [0.29, 0.717) is 5.56 Å². The molecule has 1 unspecified atom stereocenters. The van der Waals surface area contributed by atoms with Crippen LogP contribution in [0, 0.1) is 5.82 Å². The van der Waals surface area contributed by atoms with Gasteiger partial charge in [-0.1, -0.05) is 0 Å². The Hall–Kier alpha value is -1.49. The molecular weight excluding hydrogens is 199 g/mol. The van der Waals surface area contributed by atoms with Crippen molar-refractivity contribution < 1.29 is 13.9 Å². The number of methoxy groups -OCH3 is 1. The summed E-state index contributed by atoms with van der Waals surface area (Å²) in [6, 6.07) is 1.33. The van der Waals surface area contributed by atoms with E-state index in [1.807, 2.05) is 0 Å². The van der Waals surface area contributed by atoms with Gasteiger partial charge in [-0.3, -0.25) is 9.78 Å². The van der Waals surface area contributed by atoms with Crippen molar-refractivity contribution in [3.05, 3.63) is 29.8 Å². The lowest BCUT2D eigenvalue weighted by atomic mass is 9.97. The van der Waals surface area contributed by atoms with Crippen molar-refractivity contribution in [2.75, 3.05) is 13.7 Å². The number of hydrogen-bond acceptors (Lipinski definition) is 4. The molecule has 1 aromatic heterocycles. The zero-order chi connectivity index (χ0) is 11.3. The molecule has 0 aliphatic rings. The van der Waals surface area contributed by atoms with Crippen LogP contribution in [0.2, 0.25) is 0 Å². The van der Waals surface area contributed by atoms with E-state index in [-0.39, 0.29) is 24.9 Å². The number of halogens is 1. The fourth-order valence-corrected chi connectivity index (χ4v) is 1.27. The van der Waals surface area contributed by atoms with Gasteiger partial charge in [-0.15, -0.1) is 0 Å². The second-order valence-electron chi connectivity index (χ2n) is 3.15. The molecule has 15 heavy (non-hydrogen) atoms. The number of ether oxygens (including phenoxy) is 1. The summed E-state index contributed by atoms with van der Waals surface area (Å²) in [6.07, 6.45) is 2.75. The van der Waals surface area contributed by atoms with Gasteiger partial charge in [0, 0.05) is 12.1 Å². The van der Waals surface area contributed by atoms with Crippen LogP contribution >= 0.6 is 0 Å². The van der Waals surface area contributed by atoms with E-state index >= 15 is 0 Å². The average molecular weight is 212 g/mol. The molecule has 0 aliphatic heterocycles. The maximum Gasteiger partial charge on any atom is 0.306 e. The summed E-state index contributed by atoms with van der Waals surface area (Å²) in [7, 11) is 1.31. The normalized spacial score (nSPS) is 12.2. The zero-order valence-corrected chi connectivity index (χ0v) is 8.44. The van der Waals surface area contributed by atoms with Crippen molar-refractivity contribution in [2.24, 2.45) is 5.73 Å². The maximum atomic E-state index is 12.9. The minimum absolute atomic E-state index is 0.137. The van der Waals surface area contributed by atoms with Crippen LogP contribution in [-0.4, -0.2) is 24.6 Å². The number of nitrogens with two attached hydrogens (primary N) is 1. The lowest BCUT2D eigenvalue weighted by molar-refractivity contribution is -0.141. The summed E-state index contributed by atoms with van der Waals surface area (Å²) in [6.45, 7) is 0.250. The van der Waals surface area contributed by atoms with Crippen LogP contribution in [0.15, 0.2) is 18.5 Å². The SMILES string of the molecule is COC(=O)CC(CN)c1cncc(F)c1. The number of esters is 1. The zero-order valence-electron chi connectivity index (χ0n) is 8.44. The van der Waals surface area contributed by atoms with Crippen LogP contribution < -0.4 is 5.73 Å². The molecule has 5 heteroatoms. The number of nitrogens with zero attached hydrogens (tertiary/aromatic N) is 1. The predicted molar refractivity (Wildman–Crippen MR) is 52.6 cm³/mol. The fraction of sp³-hybridized carbons (Fsp3) is 0.400. The lowest BCUT2D eigenvalue weighted by Crippen LogP contribution is -2.17. The number of carbonyl (C=O) groups is 1. The average Bonchev–Trinajstić information content (AvgIpc) is 2.25. The molecule has 1 heterocycles. The Morgan fingerprint density at radius 3 is 2.93 bits per heavy atom. The Balaban J connectivity index is 2.78. The smallest absolute Gasteiger partial charge is 0.306 e. The Labute approximate surface area is 87.3 Å². The molecule has 0 saturated heterocycles. The molecule has 0 fully saturated rings. The van der Waals surface area contributed by atoms with Gasteiger partial charge in [0.05, 0.1) is 19.7 Å². The molecule has 0 aliphatic carbocycles. The summed E-state index contributed by atoms with van der Waals surface area (Å²) in [5.74, 6) is -1.05. The van der Waals surface area contributed by atoms with Crippen LogP contribution in [0.25, 0.3) is 0 Å². The fourth-order valence-electron chi connectivity index (χ4n) is 1.27. The number of aromatic nitrogens is 1. The maximum absolute atomic E-state index is 12.9. The molecule has 1 rings (SSSR count). The van der Waals surface area contributed by atoms with E-state index in [0.717, 1.165) is 6.20 Å². The summed E-state index contributed by atoms with van der Waals surface area (Å²) in [4.78, 5) is 14.8. The van der Waals surface area contributed by atoms with E-state index < -0.39 is 5.82 Å². The third-order valence-electron chi connectivity index (χ3n) is 2.12. The van der Waals surface area contributed by atoms with Crippen molar-refractivity contribution in [3.63, 3.8) is 0 Å². The molecule has 0 radical (unpaired) electrons. The molecule has 82 valence electrons. The summed E-state index contributed by atoms with van der Waals surface area (Å²) in [5, 5.41) is 0. The van der Waals surface area contributed by atoms with Gasteiger partial charge in [0.2, 0.25) is 0 Å². The Kier molecular flexibility index (Phi) is 4.17. The highest BCUT2D eigenvalue weighted by Crippen LogP contribution is 2.18. The Morgan fingerprint density at radius 1 is 1.67 bits per heavy atom. The van der Waals surface area contributed by atoms with Gasteiger partial charge < -0.3 is 10.5 Å². The Morgan fingerprint density at radius 2 is 2.40 bits per heavy atom. The van der Waals surface area contributed by atoms with E-state index in [2.05, 4.69) is 9.72 Å². The van der Waals surface area contributed by atoms with Crippen molar-refractivity contribution in [1.29, 1.82) is 0 Å². The summed E-state index contributed by atoms with van der Waals surface area (Å²) in [5.41, 5.74) is 6.11. The highest BCUT2D eigenvalue weighted by atomic mass is 19.1. The van der Waals surface area contributed by atoms with E-state index in [9.17, 15) is 9.18 Å². The van der Waals surface area contributed by atoms with Crippen molar-refractivity contribution in [2.45, 2.75) is 12.3 Å². The number of hydrogen-bond donors (Lipinski definition) is 1. The first-order valence-corrected chi connectivity index (χ1v) is 4.54. The third kappa shape index (κ3) is 3.28. The van der Waals surface area contributed by atoms with E-state index in [1.54, 1.807) is 0 Å². The molecule has 1 atom stereocenters. The van der Waals surface area contributed by atoms with Gasteiger partial charge in [-0.2, -0.15) is 0 Å². The van der Waals surface area contributed by atoms with Crippen LogP contribution in [0.5, 0.6) is 0 Å². The molecule has 0 amide bonds. The lowest BCUT2D eigenvalue weighted by Gasteiger charge is -2.12. The molecule has 1 aromatic rings. The number of rotatable bonds is 4. The van der Waals surface area contributed by atoms with E-state index in [1.165, 1.54) is 19.4 Å². The highest BCUT2D eigenvalue weighted by Gasteiger charge is 2.15. The standard InChI is InChI=1S/C10H13FN2O2/c1-15-10(14)3-7(4-12)8-2-9(11)6-13-5-8/h2,5-7H,3-4,12H2,1H3. The van der Waals surface area contributed by atoms with Crippen LogP contribution in [-0.2, 0) is 9.53 Å².